The van der Waals surface area contributed by atoms with Crippen molar-refractivity contribution in [1.82, 2.24) is 19.8 Å². The summed E-state index contributed by atoms with van der Waals surface area (Å²) in [6.07, 6.45) is -2.73. The van der Waals surface area contributed by atoms with Gasteiger partial charge in [0.15, 0.2) is 0 Å². The lowest BCUT2D eigenvalue weighted by atomic mass is 10.1. The molecular weight excluding hydrogens is 446 g/mol. The van der Waals surface area contributed by atoms with E-state index in [9.17, 15) is 22.8 Å². The molecule has 7 nitrogen and oxygen atoms in total. The number of aromatic nitrogens is 2. The Morgan fingerprint density at radius 3 is 2.57 bits per heavy atom. The normalized spacial score (nSPS) is 21.8. The van der Waals surface area contributed by atoms with Crippen molar-refractivity contribution in [3.63, 3.8) is 0 Å². The van der Waals surface area contributed by atoms with E-state index in [1.165, 1.54) is 12.1 Å². The molecule has 1 atom stereocenters. The molecule has 2 aliphatic heterocycles. The lowest BCUT2D eigenvalue weighted by Crippen LogP contribution is -2.63. The summed E-state index contributed by atoms with van der Waals surface area (Å²) in [4.78, 5) is 31.1. The number of halogens is 5. The molecule has 12 heteroatoms. The van der Waals surface area contributed by atoms with Gasteiger partial charge in [-0.15, -0.1) is 0 Å². The van der Waals surface area contributed by atoms with Gasteiger partial charge in [0, 0.05) is 6.42 Å². The van der Waals surface area contributed by atoms with Crippen molar-refractivity contribution < 1.29 is 22.8 Å². The molecule has 162 valence electrons. The third-order valence-corrected chi connectivity index (χ3v) is 6.12. The number of hydrogen-bond donors (Lipinski definition) is 2. The minimum Gasteiger partial charge on any atom is -0.317 e. The minimum atomic E-state index is -5.13. The molecule has 30 heavy (non-hydrogen) atoms. The first-order chi connectivity index (χ1) is 14.1. The third kappa shape index (κ3) is 3.40. The molecule has 2 aromatic rings. The molecule has 0 spiro atoms. The zero-order chi connectivity index (χ0) is 21.7. The molecule has 2 N–H and O–H groups in total. The van der Waals surface area contributed by atoms with Crippen LogP contribution in [0.3, 0.4) is 0 Å². The number of nitrogens with one attached hydrogen (secondary N) is 2. The maximum atomic E-state index is 14.3. The van der Waals surface area contributed by atoms with Gasteiger partial charge in [-0.05, 0) is 51.0 Å². The Labute approximate surface area is 179 Å². The lowest BCUT2D eigenvalue weighted by Gasteiger charge is -2.32. The fourth-order valence-electron chi connectivity index (χ4n) is 3.96. The van der Waals surface area contributed by atoms with Crippen LogP contribution in [0, 0.1) is 0 Å². The van der Waals surface area contributed by atoms with Crippen LogP contribution in [0.25, 0.3) is 11.0 Å². The van der Waals surface area contributed by atoms with E-state index in [2.05, 4.69) is 15.2 Å². The van der Waals surface area contributed by atoms with Gasteiger partial charge in [-0.3, -0.25) is 19.5 Å². The Kier molecular flexibility index (Phi) is 5.36. The number of carbonyl (C=O) groups excluding carboxylic acids is 2. The van der Waals surface area contributed by atoms with Crippen LogP contribution < -0.4 is 10.6 Å². The molecule has 1 aromatic heterocycles. The average Bonchev–Trinajstić information content (AvgIpc) is 3.33. The lowest BCUT2D eigenvalue weighted by molar-refractivity contribution is -0.217. The number of nitrogens with zero attached hydrogens (tertiary/aromatic N) is 3. The highest BCUT2D eigenvalue weighted by molar-refractivity contribution is 6.42. The number of anilines is 1. The zero-order valence-electron chi connectivity index (χ0n) is 15.7. The summed E-state index contributed by atoms with van der Waals surface area (Å²) in [5.74, 6) is -2.65. The minimum absolute atomic E-state index is 0.000713. The number of fused-ring (bicyclic) bond motifs is 3. The Morgan fingerprint density at radius 1 is 1.23 bits per heavy atom. The highest BCUT2D eigenvalue weighted by Gasteiger charge is 2.67. The molecule has 2 amide bonds. The highest BCUT2D eigenvalue weighted by Crippen LogP contribution is 2.45. The van der Waals surface area contributed by atoms with Gasteiger partial charge < -0.3 is 10.2 Å². The zero-order valence-corrected chi connectivity index (χ0v) is 17.2. The second-order valence-electron chi connectivity index (χ2n) is 7.39. The Hall–Kier alpha value is -2.04. The Morgan fingerprint density at radius 2 is 1.90 bits per heavy atom. The van der Waals surface area contributed by atoms with Crippen LogP contribution in [-0.2, 0) is 15.3 Å². The third-order valence-electron chi connectivity index (χ3n) is 5.39. The van der Waals surface area contributed by atoms with E-state index in [1.54, 1.807) is 0 Å². The summed E-state index contributed by atoms with van der Waals surface area (Å²) >= 11 is 11.9. The number of rotatable bonds is 5. The summed E-state index contributed by atoms with van der Waals surface area (Å²) in [5, 5.41) is 4.15. The first-order valence-electron chi connectivity index (χ1n) is 9.43. The number of imidazole rings is 1. The largest absolute Gasteiger partial charge is 0.440 e. The predicted octanol–water partition coefficient (Wildman–Crippen LogP) is 3.50. The summed E-state index contributed by atoms with van der Waals surface area (Å²) in [5.41, 5.74) is -3.29. The molecule has 0 saturated carbocycles. The maximum Gasteiger partial charge on any atom is 0.440 e. The number of hydrogen-bond acceptors (Lipinski definition) is 4. The summed E-state index contributed by atoms with van der Waals surface area (Å²) in [6.45, 7) is 2.46. The van der Waals surface area contributed by atoms with Crippen molar-refractivity contribution in [1.29, 1.82) is 0 Å². The van der Waals surface area contributed by atoms with Crippen molar-refractivity contribution >= 4 is 52.0 Å². The van der Waals surface area contributed by atoms with Gasteiger partial charge in [0.1, 0.15) is 0 Å². The van der Waals surface area contributed by atoms with Crippen LogP contribution in [0.2, 0.25) is 10.0 Å². The second-order valence-corrected chi connectivity index (χ2v) is 8.20. The second kappa shape index (κ2) is 7.58. The van der Waals surface area contributed by atoms with Gasteiger partial charge in [-0.2, -0.15) is 13.2 Å². The number of alkyl halides is 3. The monoisotopic (exact) mass is 463 g/mol. The number of carbonyl (C=O) groups is 2. The molecule has 1 unspecified atom stereocenters. The first kappa shape index (κ1) is 21.2. The van der Waals surface area contributed by atoms with Crippen molar-refractivity contribution in [3.8, 4) is 0 Å². The van der Waals surface area contributed by atoms with E-state index in [1.807, 2.05) is 5.32 Å². The molecule has 2 aliphatic rings. The molecule has 0 bridgehead atoms. The SMILES string of the molecule is O=C(CCCN1CCCC1)NC1(C(F)(F)F)C(=O)Nc2nc3cc(Cl)c(Cl)cc3n21. The van der Waals surface area contributed by atoms with Crippen LogP contribution in [-0.4, -0.2) is 52.1 Å². The molecule has 1 aromatic carbocycles. The van der Waals surface area contributed by atoms with E-state index in [0.717, 1.165) is 25.9 Å². The quantitative estimate of drug-likeness (QED) is 0.710. The molecule has 1 fully saturated rings. The van der Waals surface area contributed by atoms with Crippen molar-refractivity contribution in [3.05, 3.63) is 22.2 Å². The van der Waals surface area contributed by atoms with E-state index in [-0.39, 0.29) is 33.4 Å². The van der Waals surface area contributed by atoms with Crippen molar-refractivity contribution in [2.24, 2.45) is 0 Å². The van der Waals surface area contributed by atoms with Crippen LogP contribution in [0.15, 0.2) is 12.1 Å². The molecule has 4 rings (SSSR count). The molecule has 1 saturated heterocycles. The highest BCUT2D eigenvalue weighted by atomic mass is 35.5. The smallest absolute Gasteiger partial charge is 0.317 e. The van der Waals surface area contributed by atoms with Gasteiger partial charge in [-0.1, -0.05) is 23.2 Å². The van der Waals surface area contributed by atoms with Crippen molar-refractivity contribution in [2.75, 3.05) is 25.0 Å². The Bertz CT molecular complexity index is 1020. The summed E-state index contributed by atoms with van der Waals surface area (Å²) < 4.78 is 43.4. The molecule has 0 radical (unpaired) electrons. The maximum absolute atomic E-state index is 14.3. The van der Waals surface area contributed by atoms with Gasteiger partial charge in [0.2, 0.25) is 11.9 Å². The predicted molar refractivity (Wildman–Crippen MR) is 105 cm³/mol. The average molecular weight is 464 g/mol. The van der Waals surface area contributed by atoms with E-state index >= 15 is 0 Å². The van der Waals surface area contributed by atoms with Crippen LogP contribution >= 0.6 is 23.2 Å². The number of amides is 2. The van der Waals surface area contributed by atoms with Gasteiger partial charge >= 0.3 is 6.18 Å². The van der Waals surface area contributed by atoms with Crippen LogP contribution in [0.4, 0.5) is 19.1 Å². The van der Waals surface area contributed by atoms with E-state index in [0.29, 0.717) is 17.5 Å². The number of likely N-dealkylation sites (tertiary alicyclic amines) is 1. The molecule has 0 aliphatic carbocycles. The summed E-state index contributed by atoms with van der Waals surface area (Å²) in [6, 6.07) is 2.49. The first-order valence-corrected chi connectivity index (χ1v) is 10.2. The Balaban J connectivity index is 1.66. The fourth-order valence-corrected chi connectivity index (χ4v) is 4.28. The molecule has 3 heterocycles. The van der Waals surface area contributed by atoms with E-state index < -0.39 is 23.7 Å². The van der Waals surface area contributed by atoms with Crippen molar-refractivity contribution in [2.45, 2.75) is 37.5 Å². The van der Waals surface area contributed by atoms with E-state index in [4.69, 9.17) is 23.2 Å². The topological polar surface area (TPSA) is 79.3 Å². The van der Waals surface area contributed by atoms with Gasteiger partial charge in [-0.25, -0.2) is 4.98 Å². The van der Waals surface area contributed by atoms with Crippen LogP contribution in [0.1, 0.15) is 25.7 Å². The van der Waals surface area contributed by atoms with Crippen LogP contribution in [0.5, 0.6) is 0 Å². The van der Waals surface area contributed by atoms with Gasteiger partial charge in [0.05, 0.1) is 21.1 Å². The van der Waals surface area contributed by atoms with Gasteiger partial charge in [0.25, 0.3) is 11.6 Å². The molecular formula is C18H18Cl2F3N5O2. The summed E-state index contributed by atoms with van der Waals surface area (Å²) in [7, 11) is 0. The standard InChI is InChI=1S/C18H18Cl2F3N5O2/c19-10-8-12-13(9-11(10)20)28-16(24-12)25-15(30)17(28,18(21,22)23)26-14(29)4-3-7-27-5-1-2-6-27/h8-9H,1-7H2,(H,26,29)(H,24,25,30). The fraction of sp³-hybridized carbons (Fsp3) is 0.500. The number of benzene rings is 1.